The summed E-state index contributed by atoms with van der Waals surface area (Å²) in [7, 11) is 0. The zero-order chi connectivity index (χ0) is 22.6. The van der Waals surface area contributed by atoms with Crippen LogP contribution in [0.3, 0.4) is 0 Å². The van der Waals surface area contributed by atoms with Crippen molar-refractivity contribution >= 4 is 17.3 Å². The SMILES string of the molecule is CC(C)(C)OC(=O)CC1CCN(CC2CCN(c3ccc([N+](=O)[O-])cc3F)CC2)CC1. The Bertz CT molecular complexity index is 780. The van der Waals surface area contributed by atoms with Crippen LogP contribution in [0.4, 0.5) is 15.8 Å². The molecule has 8 heteroatoms. The lowest BCUT2D eigenvalue weighted by atomic mass is 9.91. The molecule has 2 aliphatic rings. The predicted molar refractivity (Wildman–Crippen MR) is 118 cm³/mol. The molecule has 3 rings (SSSR count). The summed E-state index contributed by atoms with van der Waals surface area (Å²) in [5, 5.41) is 10.8. The Hall–Kier alpha value is -2.22. The maximum Gasteiger partial charge on any atom is 0.306 e. The second kappa shape index (κ2) is 9.94. The van der Waals surface area contributed by atoms with Gasteiger partial charge in [-0.1, -0.05) is 0 Å². The van der Waals surface area contributed by atoms with Crippen LogP contribution >= 0.6 is 0 Å². The Morgan fingerprint density at radius 2 is 1.74 bits per heavy atom. The molecule has 0 aromatic heterocycles. The van der Waals surface area contributed by atoms with Crippen molar-refractivity contribution in [1.82, 2.24) is 4.90 Å². The van der Waals surface area contributed by atoms with E-state index >= 15 is 0 Å². The lowest BCUT2D eigenvalue weighted by Gasteiger charge is -2.38. The number of nitro groups is 1. The Kier molecular flexibility index (Phi) is 7.51. The van der Waals surface area contributed by atoms with Crippen LogP contribution in [0, 0.1) is 27.8 Å². The third kappa shape index (κ3) is 6.89. The second-order valence-corrected chi connectivity index (χ2v) is 9.86. The summed E-state index contributed by atoms with van der Waals surface area (Å²) in [4.78, 5) is 26.7. The van der Waals surface area contributed by atoms with Crippen molar-refractivity contribution in [2.75, 3.05) is 37.6 Å². The number of anilines is 1. The monoisotopic (exact) mass is 435 g/mol. The van der Waals surface area contributed by atoms with Crippen molar-refractivity contribution in [2.24, 2.45) is 11.8 Å². The molecular weight excluding hydrogens is 401 g/mol. The number of esters is 1. The van der Waals surface area contributed by atoms with Crippen LogP contribution < -0.4 is 4.90 Å². The topological polar surface area (TPSA) is 75.9 Å². The summed E-state index contributed by atoms with van der Waals surface area (Å²) in [6.07, 6.45) is 4.50. The molecule has 0 radical (unpaired) electrons. The molecule has 31 heavy (non-hydrogen) atoms. The number of rotatable bonds is 6. The minimum Gasteiger partial charge on any atom is -0.460 e. The van der Waals surface area contributed by atoms with Crippen molar-refractivity contribution in [1.29, 1.82) is 0 Å². The number of carbonyl (C=O) groups is 1. The molecule has 1 aromatic rings. The van der Waals surface area contributed by atoms with E-state index in [0.717, 1.165) is 64.5 Å². The Morgan fingerprint density at radius 3 is 2.29 bits per heavy atom. The van der Waals surface area contributed by atoms with E-state index in [2.05, 4.69) is 4.90 Å². The average molecular weight is 436 g/mol. The van der Waals surface area contributed by atoms with Gasteiger partial charge >= 0.3 is 5.97 Å². The molecule has 0 aliphatic carbocycles. The molecule has 172 valence electrons. The van der Waals surface area contributed by atoms with E-state index in [1.165, 1.54) is 12.1 Å². The molecule has 0 atom stereocenters. The third-order valence-electron chi connectivity index (χ3n) is 6.20. The van der Waals surface area contributed by atoms with Crippen LogP contribution in [0.1, 0.15) is 52.9 Å². The molecular formula is C23H34FN3O4. The summed E-state index contributed by atoms with van der Waals surface area (Å²) >= 11 is 0. The van der Waals surface area contributed by atoms with Crippen LogP contribution in [0.5, 0.6) is 0 Å². The van der Waals surface area contributed by atoms with Gasteiger partial charge in [0.1, 0.15) is 5.60 Å². The van der Waals surface area contributed by atoms with Crippen LogP contribution in [0.2, 0.25) is 0 Å². The molecule has 7 nitrogen and oxygen atoms in total. The lowest BCUT2D eigenvalue weighted by Crippen LogP contribution is -2.42. The summed E-state index contributed by atoms with van der Waals surface area (Å²) in [6, 6.07) is 3.89. The molecule has 2 saturated heterocycles. The van der Waals surface area contributed by atoms with Crippen molar-refractivity contribution in [2.45, 2.75) is 58.5 Å². The minimum absolute atomic E-state index is 0.100. The maximum atomic E-state index is 14.3. The molecule has 0 spiro atoms. The lowest BCUT2D eigenvalue weighted by molar-refractivity contribution is -0.385. The minimum atomic E-state index is -0.574. The molecule has 2 fully saturated rings. The first-order valence-electron chi connectivity index (χ1n) is 11.2. The molecule has 1 aromatic carbocycles. The molecule has 0 bridgehead atoms. The van der Waals surface area contributed by atoms with E-state index in [1.54, 1.807) is 0 Å². The zero-order valence-corrected chi connectivity index (χ0v) is 18.8. The highest BCUT2D eigenvalue weighted by Crippen LogP contribution is 2.30. The summed E-state index contributed by atoms with van der Waals surface area (Å²) in [6.45, 7) is 10.3. The van der Waals surface area contributed by atoms with Gasteiger partial charge in [-0.15, -0.1) is 0 Å². The normalized spacial score (nSPS) is 19.4. The van der Waals surface area contributed by atoms with Gasteiger partial charge in [-0.25, -0.2) is 4.39 Å². The molecule has 2 heterocycles. The van der Waals surface area contributed by atoms with Gasteiger partial charge in [0.2, 0.25) is 0 Å². The van der Waals surface area contributed by atoms with Crippen molar-refractivity contribution < 1.29 is 18.8 Å². The zero-order valence-electron chi connectivity index (χ0n) is 18.8. The first kappa shape index (κ1) is 23.4. The first-order valence-corrected chi connectivity index (χ1v) is 11.2. The van der Waals surface area contributed by atoms with Crippen molar-refractivity contribution in [3.8, 4) is 0 Å². The van der Waals surface area contributed by atoms with Gasteiger partial charge < -0.3 is 14.5 Å². The highest BCUT2D eigenvalue weighted by molar-refractivity contribution is 5.70. The smallest absolute Gasteiger partial charge is 0.306 e. The maximum absolute atomic E-state index is 14.3. The number of piperidine rings is 2. The van der Waals surface area contributed by atoms with E-state index in [-0.39, 0.29) is 11.7 Å². The molecule has 0 unspecified atom stereocenters. The molecule has 0 amide bonds. The van der Waals surface area contributed by atoms with Gasteiger partial charge in [0.25, 0.3) is 5.69 Å². The van der Waals surface area contributed by atoms with Crippen molar-refractivity contribution in [3.05, 3.63) is 34.1 Å². The molecule has 2 aliphatic heterocycles. The van der Waals surface area contributed by atoms with E-state index in [1.807, 2.05) is 25.7 Å². The Balaban J connectivity index is 1.40. The van der Waals surface area contributed by atoms with Crippen LogP contribution in [0.25, 0.3) is 0 Å². The van der Waals surface area contributed by atoms with Crippen LogP contribution in [0.15, 0.2) is 18.2 Å². The predicted octanol–water partition coefficient (Wildman–Crippen LogP) is 4.39. The summed E-state index contributed by atoms with van der Waals surface area (Å²) in [5.74, 6) is 0.342. The number of nitro benzene ring substituents is 1. The molecule has 0 N–H and O–H groups in total. The number of nitrogens with zero attached hydrogens (tertiary/aromatic N) is 3. The van der Waals surface area contributed by atoms with Crippen LogP contribution in [-0.2, 0) is 9.53 Å². The van der Waals surface area contributed by atoms with Crippen molar-refractivity contribution in [3.63, 3.8) is 0 Å². The molecule has 0 saturated carbocycles. The number of halogens is 1. The van der Waals surface area contributed by atoms with Gasteiger partial charge in [-0.3, -0.25) is 14.9 Å². The number of hydrogen-bond acceptors (Lipinski definition) is 6. The Morgan fingerprint density at radius 1 is 1.13 bits per heavy atom. The van der Waals surface area contributed by atoms with E-state index in [0.29, 0.717) is 23.9 Å². The summed E-state index contributed by atoms with van der Waals surface area (Å²) < 4.78 is 19.7. The van der Waals surface area contributed by atoms with Gasteiger partial charge in [0, 0.05) is 32.1 Å². The van der Waals surface area contributed by atoms with Gasteiger partial charge in [-0.2, -0.15) is 0 Å². The first-order chi connectivity index (χ1) is 14.6. The Labute approximate surface area is 183 Å². The fourth-order valence-electron chi connectivity index (χ4n) is 4.58. The van der Waals surface area contributed by atoms with Crippen LogP contribution in [-0.4, -0.2) is 54.1 Å². The number of non-ortho nitro benzene ring substituents is 1. The number of hydrogen-bond donors (Lipinski definition) is 0. The highest BCUT2D eigenvalue weighted by Gasteiger charge is 2.28. The largest absolute Gasteiger partial charge is 0.460 e. The van der Waals surface area contributed by atoms with E-state index in [9.17, 15) is 19.3 Å². The standard InChI is InChI=1S/C23H34FN3O4/c1-23(2,3)31-22(28)14-17-6-10-25(11-7-17)16-18-8-12-26(13-9-18)21-5-4-19(27(29)30)15-20(21)24/h4-5,15,17-18H,6-14,16H2,1-3H3. The quantitative estimate of drug-likeness (QED) is 0.375. The van der Waals surface area contributed by atoms with Gasteiger partial charge in [0.05, 0.1) is 16.7 Å². The van der Waals surface area contributed by atoms with Gasteiger partial charge in [0.15, 0.2) is 5.82 Å². The van der Waals surface area contributed by atoms with E-state index in [4.69, 9.17) is 4.74 Å². The fraction of sp³-hybridized carbons (Fsp3) is 0.696. The summed E-state index contributed by atoms with van der Waals surface area (Å²) in [5.41, 5.74) is -0.192. The fourth-order valence-corrected chi connectivity index (χ4v) is 4.58. The number of likely N-dealkylation sites (tertiary alicyclic amines) is 1. The third-order valence-corrected chi connectivity index (χ3v) is 6.20. The number of ether oxygens (including phenoxy) is 1. The number of benzene rings is 1. The van der Waals surface area contributed by atoms with E-state index < -0.39 is 16.3 Å². The number of carbonyl (C=O) groups excluding carboxylic acids is 1. The average Bonchev–Trinajstić information content (AvgIpc) is 2.68. The second-order valence-electron chi connectivity index (χ2n) is 9.86. The van der Waals surface area contributed by atoms with Gasteiger partial charge in [-0.05, 0) is 77.4 Å². The highest BCUT2D eigenvalue weighted by atomic mass is 19.1.